The standard InChI is InChI=1S/C23H29NO6/c1-14(6-9-18(25)23(2,3)26)10-12-29-17-8-7-15-19(21(17)28-5)24-22-16(11-13-30-22)20(15)27-4/h7-8,10-11,13,18,25-26H,6,9,12H2,1-5H3/b14-10+/t18-/m0/s1. The van der Waals surface area contributed by atoms with Gasteiger partial charge in [0.1, 0.15) is 17.9 Å². The van der Waals surface area contributed by atoms with Crippen LogP contribution < -0.4 is 14.2 Å². The molecule has 7 heteroatoms. The smallest absolute Gasteiger partial charge is 0.230 e. The first-order valence-electron chi connectivity index (χ1n) is 9.87. The lowest BCUT2D eigenvalue weighted by Gasteiger charge is -2.24. The summed E-state index contributed by atoms with van der Waals surface area (Å²) in [5.74, 6) is 1.74. The van der Waals surface area contributed by atoms with Crippen LogP contribution in [0, 0.1) is 0 Å². The largest absolute Gasteiger partial charge is 0.495 e. The summed E-state index contributed by atoms with van der Waals surface area (Å²) in [4.78, 5) is 4.57. The van der Waals surface area contributed by atoms with E-state index in [1.54, 1.807) is 34.3 Å². The lowest BCUT2D eigenvalue weighted by molar-refractivity contribution is -0.0509. The molecule has 1 aromatic carbocycles. The zero-order valence-corrected chi connectivity index (χ0v) is 18.1. The van der Waals surface area contributed by atoms with Crippen molar-refractivity contribution in [1.29, 1.82) is 0 Å². The van der Waals surface area contributed by atoms with Gasteiger partial charge in [0, 0.05) is 5.39 Å². The number of hydrogen-bond donors (Lipinski definition) is 2. The van der Waals surface area contributed by atoms with Crippen LogP contribution in [0.5, 0.6) is 17.2 Å². The second kappa shape index (κ2) is 8.93. The third kappa shape index (κ3) is 4.52. The summed E-state index contributed by atoms with van der Waals surface area (Å²) in [7, 11) is 3.18. The maximum Gasteiger partial charge on any atom is 0.230 e. The maximum atomic E-state index is 9.96. The average Bonchev–Trinajstić information content (AvgIpc) is 3.17. The molecular weight excluding hydrogens is 386 g/mol. The fourth-order valence-corrected chi connectivity index (χ4v) is 3.28. The molecule has 0 aliphatic carbocycles. The third-order valence-electron chi connectivity index (χ3n) is 5.15. The van der Waals surface area contributed by atoms with Crippen molar-refractivity contribution in [3.63, 3.8) is 0 Å². The second-order valence-electron chi connectivity index (χ2n) is 7.85. The number of fused-ring (bicyclic) bond motifs is 2. The first kappa shape index (κ1) is 21.9. The Bertz CT molecular complexity index is 1050. The van der Waals surface area contributed by atoms with Gasteiger partial charge in [-0.1, -0.05) is 5.57 Å². The summed E-state index contributed by atoms with van der Waals surface area (Å²) in [6.07, 6.45) is 3.89. The minimum Gasteiger partial charge on any atom is -0.495 e. The van der Waals surface area contributed by atoms with Crippen molar-refractivity contribution in [1.82, 2.24) is 4.98 Å². The molecule has 0 amide bonds. The fraction of sp³-hybridized carbons (Fsp3) is 0.435. The van der Waals surface area contributed by atoms with E-state index < -0.39 is 11.7 Å². The predicted molar refractivity (Wildman–Crippen MR) is 115 cm³/mol. The quantitative estimate of drug-likeness (QED) is 0.505. The number of benzene rings is 1. The molecule has 0 bridgehead atoms. The van der Waals surface area contributed by atoms with Gasteiger partial charge in [-0.3, -0.25) is 0 Å². The number of nitrogens with zero attached hydrogens (tertiary/aromatic N) is 1. The van der Waals surface area contributed by atoms with E-state index >= 15 is 0 Å². The molecule has 0 unspecified atom stereocenters. The Morgan fingerprint density at radius 1 is 1.17 bits per heavy atom. The summed E-state index contributed by atoms with van der Waals surface area (Å²) in [5, 5.41) is 21.4. The lowest BCUT2D eigenvalue weighted by atomic mass is 9.96. The van der Waals surface area contributed by atoms with Gasteiger partial charge in [-0.25, -0.2) is 4.98 Å². The van der Waals surface area contributed by atoms with E-state index in [2.05, 4.69) is 4.98 Å². The highest BCUT2D eigenvalue weighted by Gasteiger charge is 2.23. The SMILES string of the molecule is COc1c2ccoc2nc2c(OC)c(OC/C=C(\C)CC[C@H](O)C(C)(C)O)ccc12. The molecule has 0 aliphatic heterocycles. The summed E-state index contributed by atoms with van der Waals surface area (Å²) in [6, 6.07) is 5.54. The Balaban J connectivity index is 1.79. The fourth-order valence-electron chi connectivity index (χ4n) is 3.28. The Labute approximate surface area is 175 Å². The molecule has 0 aliphatic rings. The number of rotatable bonds is 9. The molecule has 0 saturated heterocycles. The van der Waals surface area contributed by atoms with Crippen molar-refractivity contribution in [3.8, 4) is 17.2 Å². The van der Waals surface area contributed by atoms with Crippen molar-refractivity contribution in [2.24, 2.45) is 0 Å². The molecule has 2 N–H and O–H groups in total. The Morgan fingerprint density at radius 2 is 1.90 bits per heavy atom. The molecule has 0 saturated carbocycles. The summed E-state index contributed by atoms with van der Waals surface area (Å²) in [5.41, 5.74) is 1.03. The minimum absolute atomic E-state index is 0.340. The molecule has 3 aromatic rings. The molecule has 0 spiro atoms. The van der Waals surface area contributed by atoms with E-state index in [1.807, 2.05) is 31.2 Å². The number of allylic oxidation sites excluding steroid dienone is 1. The van der Waals surface area contributed by atoms with Gasteiger partial charge < -0.3 is 28.8 Å². The van der Waals surface area contributed by atoms with Crippen LogP contribution in [0.2, 0.25) is 0 Å². The molecule has 30 heavy (non-hydrogen) atoms. The maximum absolute atomic E-state index is 9.96. The minimum atomic E-state index is -1.11. The average molecular weight is 415 g/mol. The molecule has 0 fully saturated rings. The van der Waals surface area contributed by atoms with Crippen LogP contribution in [-0.2, 0) is 0 Å². The van der Waals surface area contributed by atoms with Crippen LogP contribution in [0.15, 0.2) is 40.5 Å². The molecular formula is C23H29NO6. The zero-order chi connectivity index (χ0) is 21.9. The van der Waals surface area contributed by atoms with Crippen LogP contribution in [0.1, 0.15) is 33.6 Å². The van der Waals surface area contributed by atoms with E-state index in [0.717, 1.165) is 16.3 Å². The van der Waals surface area contributed by atoms with Crippen LogP contribution in [0.3, 0.4) is 0 Å². The van der Waals surface area contributed by atoms with E-state index in [0.29, 0.717) is 47.9 Å². The Hall–Kier alpha value is -2.77. The number of pyridine rings is 1. The number of furan rings is 1. The highest BCUT2D eigenvalue weighted by Crippen LogP contribution is 2.41. The van der Waals surface area contributed by atoms with Gasteiger partial charge in [-0.15, -0.1) is 0 Å². The molecule has 1 atom stereocenters. The summed E-state index contributed by atoms with van der Waals surface area (Å²) < 4.78 is 22.5. The predicted octanol–water partition coefficient (Wildman–Crippen LogP) is 4.24. The van der Waals surface area contributed by atoms with Crippen molar-refractivity contribution < 1.29 is 28.8 Å². The topological polar surface area (TPSA) is 94.2 Å². The van der Waals surface area contributed by atoms with Gasteiger partial charge in [-0.05, 0) is 57.9 Å². The van der Waals surface area contributed by atoms with Crippen LogP contribution in [0.25, 0.3) is 22.0 Å². The van der Waals surface area contributed by atoms with Crippen molar-refractivity contribution in [2.75, 3.05) is 20.8 Å². The van der Waals surface area contributed by atoms with Crippen LogP contribution in [-0.4, -0.2) is 47.7 Å². The molecule has 162 valence electrons. The van der Waals surface area contributed by atoms with Crippen molar-refractivity contribution in [2.45, 2.75) is 45.3 Å². The first-order chi connectivity index (χ1) is 14.3. The van der Waals surface area contributed by atoms with Gasteiger partial charge in [0.25, 0.3) is 0 Å². The van der Waals surface area contributed by atoms with E-state index in [9.17, 15) is 10.2 Å². The number of aliphatic hydroxyl groups is 2. The first-order valence-corrected chi connectivity index (χ1v) is 9.87. The molecule has 3 rings (SSSR count). The van der Waals surface area contributed by atoms with E-state index in [-0.39, 0.29) is 0 Å². The number of methoxy groups -OCH3 is 2. The van der Waals surface area contributed by atoms with E-state index in [1.165, 1.54) is 0 Å². The monoisotopic (exact) mass is 415 g/mol. The van der Waals surface area contributed by atoms with Gasteiger partial charge >= 0.3 is 0 Å². The number of hydrogen-bond acceptors (Lipinski definition) is 7. The van der Waals surface area contributed by atoms with E-state index in [4.69, 9.17) is 18.6 Å². The Morgan fingerprint density at radius 3 is 2.57 bits per heavy atom. The molecule has 2 heterocycles. The Kier molecular flexibility index (Phi) is 6.53. The highest BCUT2D eigenvalue weighted by molar-refractivity contribution is 6.02. The van der Waals surface area contributed by atoms with Crippen LogP contribution in [0.4, 0.5) is 0 Å². The lowest BCUT2D eigenvalue weighted by Crippen LogP contribution is -2.35. The molecule has 0 radical (unpaired) electrons. The number of aliphatic hydroxyl groups excluding tert-OH is 1. The van der Waals surface area contributed by atoms with Crippen molar-refractivity contribution >= 4 is 22.0 Å². The normalized spacial score (nSPS) is 13.6. The molecule has 7 nitrogen and oxygen atoms in total. The second-order valence-corrected chi connectivity index (χ2v) is 7.85. The summed E-state index contributed by atoms with van der Waals surface area (Å²) in [6.45, 7) is 5.52. The van der Waals surface area contributed by atoms with Gasteiger partial charge in [0.15, 0.2) is 11.5 Å². The third-order valence-corrected chi connectivity index (χ3v) is 5.15. The number of aromatic nitrogens is 1. The van der Waals surface area contributed by atoms with Gasteiger partial charge in [0.05, 0.1) is 37.6 Å². The van der Waals surface area contributed by atoms with Crippen molar-refractivity contribution in [3.05, 3.63) is 36.1 Å². The number of ether oxygens (including phenoxy) is 3. The highest BCUT2D eigenvalue weighted by atomic mass is 16.5. The molecule has 2 aromatic heterocycles. The van der Waals surface area contributed by atoms with Gasteiger partial charge in [0.2, 0.25) is 5.71 Å². The van der Waals surface area contributed by atoms with Crippen LogP contribution >= 0.6 is 0 Å². The summed E-state index contributed by atoms with van der Waals surface area (Å²) >= 11 is 0. The zero-order valence-electron chi connectivity index (χ0n) is 18.1. The van der Waals surface area contributed by atoms with Gasteiger partial charge in [-0.2, -0.15) is 0 Å².